The molecule has 1 aliphatic rings. The van der Waals surface area contributed by atoms with Gasteiger partial charge in [-0.1, -0.05) is 42.5 Å². The van der Waals surface area contributed by atoms with Crippen LogP contribution in [0.3, 0.4) is 0 Å². The van der Waals surface area contributed by atoms with E-state index in [1.54, 1.807) is 0 Å². The molecule has 1 heterocycles. The molecular formula is C20H25NO3. The third-order valence-corrected chi connectivity index (χ3v) is 4.39. The molecule has 2 aromatic rings. The van der Waals surface area contributed by atoms with Gasteiger partial charge >= 0.3 is 0 Å². The highest BCUT2D eigenvalue weighted by Crippen LogP contribution is 2.35. The maximum absolute atomic E-state index is 9.47. The van der Waals surface area contributed by atoms with Gasteiger partial charge in [-0.25, -0.2) is 0 Å². The summed E-state index contributed by atoms with van der Waals surface area (Å²) in [6.45, 7) is 2.29. The van der Waals surface area contributed by atoms with Gasteiger partial charge in [-0.15, -0.1) is 0 Å². The first kappa shape index (κ1) is 16.8. The summed E-state index contributed by atoms with van der Waals surface area (Å²) in [7, 11) is 2.09. The van der Waals surface area contributed by atoms with Crippen molar-refractivity contribution in [2.24, 2.45) is 0 Å². The second kappa shape index (κ2) is 8.18. The highest BCUT2D eigenvalue weighted by atomic mass is 16.5. The largest absolute Gasteiger partial charge is 0.490 e. The average molecular weight is 327 g/mol. The smallest absolute Gasteiger partial charge is 0.165 e. The second-order valence-corrected chi connectivity index (χ2v) is 6.15. The first-order valence-corrected chi connectivity index (χ1v) is 8.53. The van der Waals surface area contributed by atoms with Gasteiger partial charge in [0.15, 0.2) is 11.5 Å². The summed E-state index contributed by atoms with van der Waals surface area (Å²) < 4.78 is 11.7. The molecule has 1 aliphatic heterocycles. The van der Waals surface area contributed by atoms with E-state index >= 15 is 0 Å². The lowest BCUT2D eigenvalue weighted by Gasteiger charge is -2.29. The fraction of sp³-hybridized carbons (Fsp3) is 0.400. The van der Waals surface area contributed by atoms with Crippen LogP contribution in [0.4, 0.5) is 0 Å². The molecule has 0 spiro atoms. The highest BCUT2D eigenvalue weighted by Gasteiger charge is 2.20. The first-order chi connectivity index (χ1) is 11.8. The molecule has 0 bridgehead atoms. The highest BCUT2D eigenvalue weighted by molar-refractivity contribution is 5.47. The van der Waals surface area contributed by atoms with Crippen LogP contribution in [0.5, 0.6) is 11.5 Å². The number of hydrogen-bond acceptors (Lipinski definition) is 4. The Morgan fingerprint density at radius 3 is 2.62 bits per heavy atom. The van der Waals surface area contributed by atoms with E-state index < -0.39 is 0 Å². The van der Waals surface area contributed by atoms with E-state index in [4.69, 9.17) is 9.47 Å². The third kappa shape index (κ3) is 3.89. The van der Waals surface area contributed by atoms with Crippen molar-refractivity contribution in [3.63, 3.8) is 0 Å². The minimum Gasteiger partial charge on any atom is -0.490 e. The number of fused-ring (bicyclic) bond motifs is 1. The predicted octanol–water partition coefficient (Wildman–Crippen LogP) is 3.40. The average Bonchev–Trinajstić information content (AvgIpc) is 2.86. The third-order valence-electron chi connectivity index (χ3n) is 4.39. The maximum atomic E-state index is 9.47. The Balaban J connectivity index is 1.81. The number of aliphatic hydroxyl groups excluding tert-OH is 1. The van der Waals surface area contributed by atoms with Crippen molar-refractivity contribution in [2.45, 2.75) is 25.4 Å². The molecule has 1 unspecified atom stereocenters. The molecule has 2 aromatic carbocycles. The van der Waals surface area contributed by atoms with Gasteiger partial charge in [-0.2, -0.15) is 0 Å². The number of nitrogens with zero attached hydrogens (tertiary/aromatic N) is 1. The molecule has 0 amide bonds. The lowest BCUT2D eigenvalue weighted by molar-refractivity contribution is 0.178. The first-order valence-electron chi connectivity index (χ1n) is 8.53. The molecule has 128 valence electrons. The van der Waals surface area contributed by atoms with E-state index in [9.17, 15) is 5.11 Å². The van der Waals surface area contributed by atoms with E-state index in [1.165, 1.54) is 5.56 Å². The van der Waals surface area contributed by atoms with Gasteiger partial charge in [-0.05, 0) is 25.1 Å². The van der Waals surface area contributed by atoms with E-state index in [0.717, 1.165) is 30.0 Å². The van der Waals surface area contributed by atoms with Crippen LogP contribution in [0.25, 0.3) is 0 Å². The summed E-state index contributed by atoms with van der Waals surface area (Å²) in [6.07, 6.45) is 1.61. The van der Waals surface area contributed by atoms with E-state index in [-0.39, 0.29) is 12.6 Å². The summed E-state index contributed by atoms with van der Waals surface area (Å²) in [5.41, 5.74) is 2.34. The standard InChI is InChI=1S/C20H25NO3/c1-21(18(11-12-22)16-7-3-2-4-8-16)15-17-9-5-10-19-20(17)24-14-6-13-23-19/h2-5,7-10,18,22H,6,11-15H2,1H3. The van der Waals surface area contributed by atoms with Crippen LogP contribution in [-0.2, 0) is 6.54 Å². The summed E-state index contributed by atoms with van der Waals surface area (Å²) >= 11 is 0. The summed E-state index contributed by atoms with van der Waals surface area (Å²) in [5, 5.41) is 9.47. The van der Waals surface area contributed by atoms with Gasteiger partial charge in [0.1, 0.15) is 0 Å². The van der Waals surface area contributed by atoms with Crippen molar-refractivity contribution in [3.8, 4) is 11.5 Å². The minimum absolute atomic E-state index is 0.163. The van der Waals surface area contributed by atoms with Crippen LogP contribution in [0.1, 0.15) is 30.0 Å². The van der Waals surface area contributed by atoms with Crippen LogP contribution >= 0.6 is 0 Å². The van der Waals surface area contributed by atoms with Gasteiger partial charge in [0.05, 0.1) is 13.2 Å². The van der Waals surface area contributed by atoms with Crippen LogP contribution in [-0.4, -0.2) is 36.9 Å². The SMILES string of the molecule is CN(Cc1cccc2c1OCCCO2)C(CCO)c1ccccc1. The molecule has 0 aliphatic carbocycles. The van der Waals surface area contributed by atoms with E-state index in [0.29, 0.717) is 19.6 Å². The Bertz CT molecular complexity index is 645. The van der Waals surface area contributed by atoms with Crippen molar-refractivity contribution in [2.75, 3.05) is 26.9 Å². The monoisotopic (exact) mass is 327 g/mol. The molecule has 0 saturated heterocycles. The number of para-hydroxylation sites is 1. The Labute approximate surface area is 143 Å². The molecule has 4 heteroatoms. The number of benzene rings is 2. The molecule has 1 atom stereocenters. The lowest BCUT2D eigenvalue weighted by atomic mass is 10.0. The van der Waals surface area contributed by atoms with E-state index in [2.05, 4.69) is 30.1 Å². The minimum atomic E-state index is 0.163. The Morgan fingerprint density at radius 2 is 1.83 bits per heavy atom. The Kier molecular flexibility index (Phi) is 5.72. The Morgan fingerprint density at radius 1 is 1.04 bits per heavy atom. The zero-order chi connectivity index (χ0) is 16.8. The molecule has 0 radical (unpaired) electrons. The van der Waals surface area contributed by atoms with Crippen LogP contribution < -0.4 is 9.47 Å². The van der Waals surface area contributed by atoms with Crippen LogP contribution in [0.15, 0.2) is 48.5 Å². The second-order valence-electron chi connectivity index (χ2n) is 6.15. The summed E-state index contributed by atoms with van der Waals surface area (Å²) in [5.74, 6) is 1.69. The van der Waals surface area contributed by atoms with Crippen LogP contribution in [0, 0.1) is 0 Å². The van der Waals surface area contributed by atoms with Gasteiger partial charge in [0.25, 0.3) is 0 Å². The number of ether oxygens (including phenoxy) is 2. The molecule has 0 aromatic heterocycles. The summed E-state index contributed by atoms with van der Waals surface area (Å²) in [4.78, 5) is 2.26. The van der Waals surface area contributed by atoms with Crippen molar-refractivity contribution < 1.29 is 14.6 Å². The van der Waals surface area contributed by atoms with E-state index in [1.807, 2.05) is 30.3 Å². The molecule has 0 saturated carbocycles. The molecule has 1 N–H and O–H groups in total. The van der Waals surface area contributed by atoms with Crippen molar-refractivity contribution in [1.29, 1.82) is 0 Å². The molecule has 4 nitrogen and oxygen atoms in total. The van der Waals surface area contributed by atoms with Crippen LogP contribution in [0.2, 0.25) is 0 Å². The number of rotatable bonds is 6. The predicted molar refractivity (Wildman–Crippen MR) is 94.4 cm³/mol. The molecular weight excluding hydrogens is 302 g/mol. The number of hydrogen-bond donors (Lipinski definition) is 1. The quantitative estimate of drug-likeness (QED) is 0.883. The molecule has 3 rings (SSSR count). The fourth-order valence-electron chi connectivity index (χ4n) is 3.20. The van der Waals surface area contributed by atoms with Crippen molar-refractivity contribution >= 4 is 0 Å². The van der Waals surface area contributed by atoms with Gasteiger partial charge in [-0.3, -0.25) is 4.90 Å². The summed E-state index contributed by atoms with van der Waals surface area (Å²) in [6, 6.07) is 16.6. The van der Waals surface area contributed by atoms with Gasteiger partial charge in [0, 0.05) is 31.2 Å². The lowest BCUT2D eigenvalue weighted by Crippen LogP contribution is -2.25. The molecule has 24 heavy (non-hydrogen) atoms. The maximum Gasteiger partial charge on any atom is 0.165 e. The zero-order valence-electron chi connectivity index (χ0n) is 14.1. The van der Waals surface area contributed by atoms with Crippen molar-refractivity contribution in [1.82, 2.24) is 4.90 Å². The topological polar surface area (TPSA) is 41.9 Å². The fourth-order valence-corrected chi connectivity index (χ4v) is 3.20. The van der Waals surface area contributed by atoms with Crippen molar-refractivity contribution in [3.05, 3.63) is 59.7 Å². The Hall–Kier alpha value is -2.04. The zero-order valence-corrected chi connectivity index (χ0v) is 14.1. The van der Waals surface area contributed by atoms with Gasteiger partial charge < -0.3 is 14.6 Å². The molecule has 0 fully saturated rings. The number of aliphatic hydroxyl groups is 1. The van der Waals surface area contributed by atoms with Gasteiger partial charge in [0.2, 0.25) is 0 Å². The normalized spacial score (nSPS) is 15.1.